The molecule has 0 atom stereocenters. The maximum Gasteiger partial charge on any atom is 0.361 e. The molecule has 0 aliphatic rings. The van der Waals surface area contributed by atoms with E-state index in [0.717, 1.165) is 4.90 Å². The van der Waals surface area contributed by atoms with Crippen LogP contribution in [-0.2, 0) is 13.6 Å². The highest BCUT2D eigenvalue weighted by atomic mass is 32.1. The molecule has 1 aromatic rings. The second kappa shape index (κ2) is 5.71. The van der Waals surface area contributed by atoms with Crippen molar-refractivity contribution in [2.24, 2.45) is 0 Å². The van der Waals surface area contributed by atoms with E-state index < -0.39 is 7.60 Å². The van der Waals surface area contributed by atoms with Crippen LogP contribution in [0.1, 0.15) is 13.8 Å². The second-order valence-corrected chi connectivity index (χ2v) is 5.40. The summed E-state index contributed by atoms with van der Waals surface area (Å²) < 4.78 is 22.7. The van der Waals surface area contributed by atoms with Crippen LogP contribution in [0.25, 0.3) is 0 Å². The Balaban J connectivity index is 3.03. The Morgan fingerprint density at radius 3 is 2.33 bits per heavy atom. The molecule has 0 spiro atoms. The predicted octanol–water partition coefficient (Wildman–Crippen LogP) is 2.87. The predicted molar refractivity (Wildman–Crippen MR) is 64.2 cm³/mol. The van der Waals surface area contributed by atoms with E-state index in [1.54, 1.807) is 32.0 Å². The standard InChI is InChI=1S/C10H15O3PS/c1-3-12-14(11,13-4-2)9-6-5-7-10(15)8-9/h5-8,15H,3-4H2,1-2H3. The maximum atomic E-state index is 12.3. The smallest absolute Gasteiger partial charge is 0.305 e. The molecular formula is C10H15O3PS. The molecule has 1 aromatic carbocycles. The average Bonchev–Trinajstić information content (AvgIpc) is 2.18. The third-order valence-corrected chi connectivity index (χ3v) is 4.13. The summed E-state index contributed by atoms with van der Waals surface area (Å²) >= 11 is 4.19. The number of rotatable bonds is 5. The van der Waals surface area contributed by atoms with E-state index in [4.69, 9.17) is 9.05 Å². The van der Waals surface area contributed by atoms with Gasteiger partial charge in [-0.05, 0) is 32.0 Å². The van der Waals surface area contributed by atoms with Crippen LogP contribution in [0.5, 0.6) is 0 Å². The molecule has 0 radical (unpaired) electrons. The van der Waals surface area contributed by atoms with E-state index in [9.17, 15) is 4.57 Å². The fraction of sp³-hybridized carbons (Fsp3) is 0.400. The van der Waals surface area contributed by atoms with Crippen molar-refractivity contribution in [1.29, 1.82) is 0 Å². The first-order valence-corrected chi connectivity index (χ1v) is 6.80. The van der Waals surface area contributed by atoms with Gasteiger partial charge in [-0.25, -0.2) is 0 Å². The van der Waals surface area contributed by atoms with Crippen molar-refractivity contribution < 1.29 is 13.6 Å². The van der Waals surface area contributed by atoms with Crippen LogP contribution in [0.4, 0.5) is 0 Å². The third-order valence-electron chi connectivity index (χ3n) is 1.74. The molecule has 0 saturated carbocycles. The summed E-state index contributed by atoms with van der Waals surface area (Å²) in [7, 11) is -3.15. The summed E-state index contributed by atoms with van der Waals surface area (Å²) in [5, 5.41) is 0.554. The van der Waals surface area contributed by atoms with Crippen molar-refractivity contribution in [3.63, 3.8) is 0 Å². The molecule has 0 amide bonds. The van der Waals surface area contributed by atoms with Crippen molar-refractivity contribution in [3.05, 3.63) is 24.3 Å². The largest absolute Gasteiger partial charge is 0.361 e. The maximum absolute atomic E-state index is 12.3. The van der Waals surface area contributed by atoms with E-state index in [1.807, 2.05) is 6.07 Å². The molecule has 0 aliphatic heterocycles. The molecular weight excluding hydrogens is 231 g/mol. The van der Waals surface area contributed by atoms with Gasteiger partial charge in [-0.3, -0.25) is 4.57 Å². The Morgan fingerprint density at radius 1 is 1.27 bits per heavy atom. The van der Waals surface area contributed by atoms with Crippen molar-refractivity contribution in [3.8, 4) is 0 Å². The lowest BCUT2D eigenvalue weighted by molar-refractivity contribution is 0.230. The Morgan fingerprint density at radius 2 is 1.87 bits per heavy atom. The zero-order valence-corrected chi connectivity index (χ0v) is 10.6. The van der Waals surface area contributed by atoms with Crippen molar-refractivity contribution in [2.45, 2.75) is 18.7 Å². The molecule has 0 N–H and O–H groups in total. The van der Waals surface area contributed by atoms with Crippen LogP contribution in [-0.4, -0.2) is 13.2 Å². The number of benzene rings is 1. The van der Waals surface area contributed by atoms with Gasteiger partial charge in [0.2, 0.25) is 0 Å². The molecule has 0 fully saturated rings. The van der Waals surface area contributed by atoms with E-state index >= 15 is 0 Å². The molecule has 0 aromatic heterocycles. The lowest BCUT2D eigenvalue weighted by Gasteiger charge is -2.17. The normalized spacial score (nSPS) is 11.7. The van der Waals surface area contributed by atoms with Crippen molar-refractivity contribution in [1.82, 2.24) is 0 Å². The lowest BCUT2D eigenvalue weighted by atomic mass is 10.4. The summed E-state index contributed by atoms with van der Waals surface area (Å²) in [6, 6.07) is 7.03. The molecule has 0 bridgehead atoms. The molecule has 84 valence electrons. The summed E-state index contributed by atoms with van der Waals surface area (Å²) in [6.45, 7) is 4.29. The van der Waals surface area contributed by atoms with Crippen molar-refractivity contribution in [2.75, 3.05) is 13.2 Å². The minimum absolute atomic E-state index is 0.355. The number of hydrogen-bond donors (Lipinski definition) is 1. The van der Waals surface area contributed by atoms with E-state index in [-0.39, 0.29) is 0 Å². The molecule has 1 rings (SSSR count). The molecule has 0 aliphatic carbocycles. The zero-order valence-electron chi connectivity index (χ0n) is 8.84. The van der Waals surface area contributed by atoms with Gasteiger partial charge < -0.3 is 9.05 Å². The van der Waals surface area contributed by atoms with Crippen molar-refractivity contribution >= 4 is 25.5 Å². The molecule has 0 saturated heterocycles. The van der Waals surface area contributed by atoms with Crippen LogP contribution in [0.2, 0.25) is 0 Å². The highest BCUT2D eigenvalue weighted by molar-refractivity contribution is 7.80. The SMILES string of the molecule is CCOP(=O)(OCC)c1cccc(S)c1. The van der Waals surface area contributed by atoms with Crippen LogP contribution >= 0.6 is 20.2 Å². The first-order chi connectivity index (χ1) is 7.12. The van der Waals surface area contributed by atoms with Crippen LogP contribution < -0.4 is 5.30 Å². The van der Waals surface area contributed by atoms with Gasteiger partial charge in [-0.2, -0.15) is 0 Å². The number of thiol groups is 1. The minimum Gasteiger partial charge on any atom is -0.305 e. The summed E-state index contributed by atoms with van der Waals surface area (Å²) in [5.74, 6) is 0. The fourth-order valence-electron chi connectivity index (χ4n) is 1.19. The highest BCUT2D eigenvalue weighted by Crippen LogP contribution is 2.46. The monoisotopic (exact) mass is 246 g/mol. The van der Waals surface area contributed by atoms with Crippen LogP contribution in [0, 0.1) is 0 Å². The van der Waals surface area contributed by atoms with Gasteiger partial charge in [0.05, 0.1) is 18.5 Å². The zero-order chi connectivity index (χ0) is 11.3. The van der Waals surface area contributed by atoms with E-state index in [0.29, 0.717) is 18.5 Å². The summed E-state index contributed by atoms with van der Waals surface area (Å²) in [4.78, 5) is 0.743. The quantitative estimate of drug-likeness (QED) is 0.641. The van der Waals surface area contributed by atoms with Gasteiger partial charge in [0.15, 0.2) is 0 Å². The number of hydrogen-bond acceptors (Lipinski definition) is 4. The van der Waals surface area contributed by atoms with E-state index in [2.05, 4.69) is 12.6 Å². The Hall–Kier alpha value is -0.280. The highest BCUT2D eigenvalue weighted by Gasteiger charge is 2.26. The lowest BCUT2D eigenvalue weighted by Crippen LogP contribution is -2.10. The second-order valence-electron chi connectivity index (χ2n) is 2.85. The van der Waals surface area contributed by atoms with Gasteiger partial charge in [0, 0.05) is 4.90 Å². The molecule has 5 heteroatoms. The first kappa shape index (κ1) is 12.8. The molecule has 15 heavy (non-hydrogen) atoms. The van der Waals surface area contributed by atoms with E-state index in [1.165, 1.54) is 0 Å². The van der Waals surface area contributed by atoms with Gasteiger partial charge in [0.25, 0.3) is 0 Å². The third kappa shape index (κ3) is 3.35. The molecule has 0 unspecified atom stereocenters. The van der Waals surface area contributed by atoms with Crippen LogP contribution in [0.15, 0.2) is 29.2 Å². The Kier molecular flexibility index (Phi) is 4.87. The molecule has 3 nitrogen and oxygen atoms in total. The van der Waals surface area contributed by atoms with Gasteiger partial charge >= 0.3 is 7.60 Å². The Bertz CT molecular complexity index is 357. The van der Waals surface area contributed by atoms with Gasteiger partial charge in [0.1, 0.15) is 0 Å². The summed E-state index contributed by atoms with van der Waals surface area (Å²) in [6.07, 6.45) is 0. The molecule has 0 heterocycles. The fourth-order valence-corrected chi connectivity index (χ4v) is 3.13. The minimum atomic E-state index is -3.15. The van der Waals surface area contributed by atoms with Gasteiger partial charge in [-0.1, -0.05) is 6.07 Å². The average molecular weight is 246 g/mol. The summed E-state index contributed by atoms with van der Waals surface area (Å²) in [5.41, 5.74) is 0. The van der Waals surface area contributed by atoms with Crippen LogP contribution in [0.3, 0.4) is 0 Å². The Labute approximate surface area is 95.7 Å². The first-order valence-electron chi connectivity index (χ1n) is 4.81. The van der Waals surface area contributed by atoms with Gasteiger partial charge in [-0.15, -0.1) is 12.6 Å². The topological polar surface area (TPSA) is 35.5 Å².